The molecule has 2 aromatic rings. The van der Waals surface area contributed by atoms with Crippen LogP contribution in [0.2, 0.25) is 0 Å². The van der Waals surface area contributed by atoms with Crippen molar-refractivity contribution in [2.24, 2.45) is 0 Å². The Morgan fingerprint density at radius 3 is 2.42 bits per heavy atom. The van der Waals surface area contributed by atoms with E-state index < -0.39 is 30.2 Å². The summed E-state index contributed by atoms with van der Waals surface area (Å²) in [6, 6.07) is 5.54. The molecule has 0 unspecified atom stereocenters. The van der Waals surface area contributed by atoms with Gasteiger partial charge in [-0.2, -0.15) is 18.2 Å². The van der Waals surface area contributed by atoms with Crippen LogP contribution in [0, 0.1) is 6.92 Å². The molecular formula is C21H25F3N4O5. The van der Waals surface area contributed by atoms with Crippen molar-refractivity contribution in [3.8, 4) is 11.8 Å². The molecule has 0 radical (unpaired) electrons. The van der Waals surface area contributed by atoms with Gasteiger partial charge in [-0.3, -0.25) is 9.59 Å². The maximum Gasteiger partial charge on any atom is 0.422 e. The lowest BCUT2D eigenvalue weighted by atomic mass is 10.1. The van der Waals surface area contributed by atoms with E-state index in [1.807, 2.05) is 0 Å². The zero-order valence-corrected chi connectivity index (χ0v) is 18.5. The Bertz CT molecular complexity index is 1010. The van der Waals surface area contributed by atoms with E-state index >= 15 is 0 Å². The molecule has 0 aliphatic carbocycles. The van der Waals surface area contributed by atoms with Crippen molar-refractivity contribution >= 4 is 17.6 Å². The van der Waals surface area contributed by atoms with Gasteiger partial charge in [0.2, 0.25) is 11.8 Å². The number of nitrogens with zero attached hydrogens (tertiary/aromatic N) is 2. The summed E-state index contributed by atoms with van der Waals surface area (Å²) < 4.78 is 47.0. The fraction of sp³-hybridized carbons (Fsp3) is 0.429. The van der Waals surface area contributed by atoms with E-state index in [4.69, 9.17) is 4.74 Å². The lowest BCUT2D eigenvalue weighted by Gasteiger charge is -2.17. The Hall–Kier alpha value is -3.41. The van der Waals surface area contributed by atoms with Gasteiger partial charge in [0, 0.05) is 29.4 Å². The molecule has 0 aliphatic rings. The second-order valence-electron chi connectivity index (χ2n) is 7.53. The second-order valence-corrected chi connectivity index (χ2v) is 7.53. The Balaban J connectivity index is 2.12. The molecule has 2 rings (SSSR count). The highest BCUT2D eigenvalue weighted by Gasteiger charge is 2.29. The van der Waals surface area contributed by atoms with E-state index in [1.165, 1.54) is 38.1 Å². The molecule has 0 saturated heterocycles. The number of aromatic nitrogens is 2. The van der Waals surface area contributed by atoms with E-state index in [0.717, 1.165) is 0 Å². The van der Waals surface area contributed by atoms with E-state index in [-0.39, 0.29) is 36.3 Å². The van der Waals surface area contributed by atoms with Gasteiger partial charge in [0.05, 0.1) is 6.61 Å². The number of hydrogen-bond donors (Lipinski definition) is 3. The summed E-state index contributed by atoms with van der Waals surface area (Å²) in [7, 11) is 0. The summed E-state index contributed by atoms with van der Waals surface area (Å²) in [6.07, 6.45) is -4.51. The Morgan fingerprint density at radius 1 is 1.12 bits per heavy atom. The first-order valence-corrected chi connectivity index (χ1v) is 9.91. The van der Waals surface area contributed by atoms with Crippen LogP contribution >= 0.6 is 0 Å². The van der Waals surface area contributed by atoms with Crippen LogP contribution in [0.5, 0.6) is 11.8 Å². The molecule has 0 aliphatic heterocycles. The molecule has 0 atom stereocenters. The van der Waals surface area contributed by atoms with Crippen molar-refractivity contribution in [1.29, 1.82) is 0 Å². The van der Waals surface area contributed by atoms with Crippen LogP contribution in [-0.2, 0) is 11.3 Å². The van der Waals surface area contributed by atoms with Gasteiger partial charge >= 0.3 is 6.18 Å². The van der Waals surface area contributed by atoms with Crippen molar-refractivity contribution in [3.63, 3.8) is 0 Å². The van der Waals surface area contributed by atoms with E-state index in [2.05, 4.69) is 25.3 Å². The van der Waals surface area contributed by atoms with Crippen molar-refractivity contribution in [2.45, 2.75) is 46.0 Å². The largest absolute Gasteiger partial charge is 0.478 e. The first-order valence-electron chi connectivity index (χ1n) is 9.91. The van der Waals surface area contributed by atoms with Gasteiger partial charge < -0.3 is 25.2 Å². The molecule has 12 heteroatoms. The quantitative estimate of drug-likeness (QED) is 0.515. The predicted octanol–water partition coefficient (Wildman–Crippen LogP) is 2.76. The molecule has 0 saturated carbocycles. The molecule has 180 valence electrons. The van der Waals surface area contributed by atoms with Gasteiger partial charge in [-0.15, -0.1) is 0 Å². The van der Waals surface area contributed by atoms with Crippen molar-refractivity contribution in [2.75, 3.05) is 18.5 Å². The molecular weight excluding hydrogens is 445 g/mol. The first-order chi connectivity index (χ1) is 15.3. The van der Waals surface area contributed by atoms with E-state index in [0.29, 0.717) is 11.3 Å². The van der Waals surface area contributed by atoms with Crippen LogP contribution in [0.15, 0.2) is 24.3 Å². The smallest absolute Gasteiger partial charge is 0.422 e. The highest BCUT2D eigenvalue weighted by Crippen LogP contribution is 2.23. The number of anilines is 1. The summed E-state index contributed by atoms with van der Waals surface area (Å²) in [5.74, 6) is -1.33. The van der Waals surface area contributed by atoms with Gasteiger partial charge in [-0.1, -0.05) is 0 Å². The fourth-order valence-electron chi connectivity index (χ4n) is 2.50. The maximum atomic E-state index is 12.6. The number of carbonyl (C=O) groups is 2. The summed E-state index contributed by atoms with van der Waals surface area (Å²) in [5.41, 5.74) is -0.556. The predicted molar refractivity (Wildman–Crippen MR) is 112 cm³/mol. The minimum absolute atomic E-state index is 0.0292. The SMILES string of the molecule is CCOc1nc(OCC(F)(F)F)ccc1CNC(=O)c1cc(C)nc(NC(=O)C(C)(C)O)c1. The molecule has 3 N–H and O–H groups in total. The van der Waals surface area contributed by atoms with Crippen molar-refractivity contribution in [1.82, 2.24) is 15.3 Å². The third-order valence-electron chi connectivity index (χ3n) is 4.03. The van der Waals surface area contributed by atoms with E-state index in [9.17, 15) is 27.9 Å². The first kappa shape index (κ1) is 25.8. The number of aliphatic hydroxyl groups is 1. The summed E-state index contributed by atoms with van der Waals surface area (Å²) in [4.78, 5) is 32.7. The molecule has 33 heavy (non-hydrogen) atoms. The number of pyridine rings is 2. The maximum absolute atomic E-state index is 12.6. The van der Waals surface area contributed by atoms with Crippen LogP contribution in [-0.4, -0.2) is 51.9 Å². The molecule has 0 fully saturated rings. The number of aryl methyl sites for hydroxylation is 1. The van der Waals surface area contributed by atoms with Gasteiger partial charge in [0.25, 0.3) is 11.8 Å². The Kier molecular flexibility index (Phi) is 8.20. The number of rotatable bonds is 9. The number of halogens is 3. The summed E-state index contributed by atoms with van der Waals surface area (Å²) in [6.45, 7) is 4.61. The number of nitrogens with one attached hydrogen (secondary N) is 2. The molecule has 2 heterocycles. The minimum atomic E-state index is -4.51. The molecule has 9 nitrogen and oxygen atoms in total. The van der Waals surface area contributed by atoms with Crippen LogP contribution in [0.1, 0.15) is 42.4 Å². The number of carbonyl (C=O) groups excluding carboxylic acids is 2. The molecule has 0 bridgehead atoms. The summed E-state index contributed by atoms with van der Waals surface area (Å²) in [5, 5.41) is 14.9. The second kappa shape index (κ2) is 10.5. The zero-order chi connectivity index (χ0) is 24.8. The highest BCUT2D eigenvalue weighted by molar-refractivity contribution is 5.98. The summed E-state index contributed by atoms with van der Waals surface area (Å²) >= 11 is 0. The topological polar surface area (TPSA) is 123 Å². The van der Waals surface area contributed by atoms with Gasteiger partial charge in [-0.05, 0) is 45.9 Å². The van der Waals surface area contributed by atoms with Crippen LogP contribution in [0.3, 0.4) is 0 Å². The van der Waals surface area contributed by atoms with Crippen molar-refractivity contribution < 1.29 is 37.3 Å². The number of hydrogen-bond acceptors (Lipinski definition) is 7. The fourth-order valence-corrected chi connectivity index (χ4v) is 2.50. The lowest BCUT2D eigenvalue weighted by Crippen LogP contribution is -2.37. The van der Waals surface area contributed by atoms with Gasteiger partial charge in [0.15, 0.2) is 6.61 Å². The monoisotopic (exact) mass is 470 g/mol. The number of alkyl halides is 3. The number of ether oxygens (including phenoxy) is 2. The molecule has 2 amide bonds. The van der Waals surface area contributed by atoms with E-state index in [1.54, 1.807) is 13.8 Å². The average Bonchev–Trinajstić information content (AvgIpc) is 2.70. The molecule has 2 aromatic heterocycles. The molecule has 0 aromatic carbocycles. The standard InChI is InChI=1S/C21H25F3N4O5/c1-5-32-18-13(6-7-16(28-18)33-11-21(22,23)24)10-25-17(29)14-8-12(2)26-15(9-14)27-19(30)20(3,4)31/h6-9,31H,5,10-11H2,1-4H3,(H,25,29)(H,26,27,30). The van der Waals surface area contributed by atoms with Gasteiger partial charge in [0.1, 0.15) is 11.4 Å². The lowest BCUT2D eigenvalue weighted by molar-refractivity contribution is -0.154. The zero-order valence-electron chi connectivity index (χ0n) is 18.5. The van der Waals surface area contributed by atoms with Crippen LogP contribution in [0.25, 0.3) is 0 Å². The third-order valence-corrected chi connectivity index (χ3v) is 4.03. The average molecular weight is 470 g/mol. The van der Waals surface area contributed by atoms with Gasteiger partial charge in [-0.25, -0.2) is 4.98 Å². The third kappa shape index (κ3) is 8.22. The Labute approximate surface area is 188 Å². The number of amides is 2. The van der Waals surface area contributed by atoms with Crippen molar-refractivity contribution in [3.05, 3.63) is 41.1 Å². The van der Waals surface area contributed by atoms with Crippen LogP contribution in [0.4, 0.5) is 19.0 Å². The normalized spacial score (nSPS) is 11.6. The Morgan fingerprint density at radius 2 is 1.82 bits per heavy atom. The van der Waals surface area contributed by atoms with Crippen LogP contribution < -0.4 is 20.1 Å². The minimum Gasteiger partial charge on any atom is -0.478 e. The molecule has 0 spiro atoms. The highest BCUT2D eigenvalue weighted by atomic mass is 19.4.